The highest BCUT2D eigenvalue weighted by Crippen LogP contribution is 2.19. The summed E-state index contributed by atoms with van der Waals surface area (Å²) in [7, 11) is 0. The number of rotatable bonds is 3. The largest absolute Gasteiger partial charge is 0.349 e. The predicted octanol–water partition coefficient (Wildman–Crippen LogP) is 2.81. The number of carbonyl (C=O) groups is 1. The van der Waals surface area contributed by atoms with Gasteiger partial charge in [-0.25, -0.2) is 0 Å². The predicted molar refractivity (Wildman–Crippen MR) is 77.8 cm³/mol. The lowest BCUT2D eigenvalue weighted by molar-refractivity contribution is 0.0931. The normalized spacial score (nSPS) is 17.3. The molecule has 0 aromatic heterocycles. The van der Waals surface area contributed by atoms with E-state index in [1.165, 1.54) is 32.1 Å². The molecule has 1 amide bonds. The first kappa shape index (κ1) is 13.9. The summed E-state index contributed by atoms with van der Waals surface area (Å²) in [4.78, 5) is 12.3. The number of nitrogens with one attached hydrogen (secondary N) is 2. The smallest absolute Gasteiger partial charge is 0.253 e. The molecular weight excluding hydrogens is 238 g/mol. The van der Waals surface area contributed by atoms with Gasteiger partial charge in [0.2, 0.25) is 0 Å². The molecule has 1 aliphatic rings. The highest BCUT2D eigenvalue weighted by molar-refractivity contribution is 5.99. The number of benzene rings is 1. The maximum Gasteiger partial charge on any atom is 0.253 e. The highest BCUT2D eigenvalue weighted by Gasteiger charge is 2.16. The third-order valence-electron chi connectivity index (χ3n) is 3.77. The van der Waals surface area contributed by atoms with Crippen LogP contribution in [0.15, 0.2) is 24.3 Å². The Morgan fingerprint density at radius 2 is 1.68 bits per heavy atom. The van der Waals surface area contributed by atoms with Crippen LogP contribution in [0.1, 0.15) is 55.3 Å². The van der Waals surface area contributed by atoms with Crippen LogP contribution in [0.5, 0.6) is 0 Å². The molecule has 0 spiro atoms. The molecule has 0 unspecified atom stereocenters. The molecule has 1 aliphatic carbocycles. The van der Waals surface area contributed by atoms with Crippen LogP contribution < -0.4 is 16.6 Å². The number of hydrazine groups is 1. The molecule has 19 heavy (non-hydrogen) atoms. The van der Waals surface area contributed by atoms with Crippen molar-refractivity contribution in [2.24, 2.45) is 5.84 Å². The van der Waals surface area contributed by atoms with Crippen molar-refractivity contribution >= 4 is 11.6 Å². The fourth-order valence-corrected chi connectivity index (χ4v) is 2.67. The summed E-state index contributed by atoms with van der Waals surface area (Å²) in [6, 6.07) is 7.63. The van der Waals surface area contributed by atoms with Gasteiger partial charge in [-0.1, -0.05) is 44.2 Å². The van der Waals surface area contributed by atoms with Crippen molar-refractivity contribution in [1.29, 1.82) is 0 Å². The minimum atomic E-state index is -0.0286. The summed E-state index contributed by atoms with van der Waals surface area (Å²) in [5.74, 6) is 5.41. The molecule has 104 valence electrons. The Morgan fingerprint density at radius 1 is 1.05 bits per heavy atom. The fraction of sp³-hybridized carbons (Fsp3) is 0.533. The van der Waals surface area contributed by atoms with E-state index in [1.54, 1.807) is 6.07 Å². The number of anilines is 1. The molecule has 4 nitrogen and oxygen atoms in total. The monoisotopic (exact) mass is 261 g/mol. The van der Waals surface area contributed by atoms with E-state index < -0.39 is 0 Å². The molecule has 1 aromatic carbocycles. The molecular formula is C15H23N3O. The van der Waals surface area contributed by atoms with Gasteiger partial charge >= 0.3 is 0 Å². The third-order valence-corrected chi connectivity index (χ3v) is 3.77. The van der Waals surface area contributed by atoms with Crippen molar-refractivity contribution in [3.8, 4) is 0 Å². The van der Waals surface area contributed by atoms with Gasteiger partial charge in [0, 0.05) is 6.04 Å². The van der Waals surface area contributed by atoms with Gasteiger partial charge in [0.05, 0.1) is 11.3 Å². The Kier molecular flexibility index (Phi) is 5.21. The number of carbonyl (C=O) groups excluding carboxylic acids is 1. The Hall–Kier alpha value is -1.55. The van der Waals surface area contributed by atoms with Gasteiger partial charge in [0.15, 0.2) is 0 Å². The molecule has 1 aromatic rings. The zero-order valence-corrected chi connectivity index (χ0v) is 11.3. The quantitative estimate of drug-likeness (QED) is 0.579. The van der Waals surface area contributed by atoms with Crippen LogP contribution >= 0.6 is 0 Å². The Labute approximate surface area is 114 Å². The molecule has 1 saturated carbocycles. The number of hydrogen-bond donors (Lipinski definition) is 3. The first-order chi connectivity index (χ1) is 9.31. The van der Waals surface area contributed by atoms with E-state index in [1.807, 2.05) is 18.2 Å². The lowest BCUT2D eigenvalue weighted by Crippen LogP contribution is -2.35. The lowest BCUT2D eigenvalue weighted by Gasteiger charge is -2.21. The topological polar surface area (TPSA) is 67.1 Å². The molecule has 0 heterocycles. The summed E-state index contributed by atoms with van der Waals surface area (Å²) in [6.07, 6.45) is 8.50. The lowest BCUT2D eigenvalue weighted by atomic mass is 9.96. The van der Waals surface area contributed by atoms with Crippen LogP contribution in [0.25, 0.3) is 0 Å². The second kappa shape index (κ2) is 7.14. The molecule has 0 aliphatic heterocycles. The standard InChI is InChI=1S/C15H23N3O/c16-18-14-11-7-6-10-13(14)15(19)17-12-8-4-2-1-3-5-9-12/h6-7,10-12,18H,1-5,8-9,16H2,(H,17,19). The van der Waals surface area contributed by atoms with Gasteiger partial charge in [0.25, 0.3) is 5.91 Å². The second-order valence-electron chi connectivity index (χ2n) is 5.21. The van der Waals surface area contributed by atoms with E-state index in [-0.39, 0.29) is 5.91 Å². The van der Waals surface area contributed by atoms with Gasteiger partial charge < -0.3 is 10.7 Å². The van der Waals surface area contributed by atoms with Crippen LogP contribution in [-0.4, -0.2) is 11.9 Å². The summed E-state index contributed by atoms with van der Waals surface area (Å²) in [5.41, 5.74) is 3.86. The van der Waals surface area contributed by atoms with Crippen molar-refractivity contribution in [3.63, 3.8) is 0 Å². The average molecular weight is 261 g/mol. The number of hydrogen-bond acceptors (Lipinski definition) is 3. The molecule has 4 heteroatoms. The molecule has 0 bridgehead atoms. The van der Waals surface area contributed by atoms with E-state index in [0.717, 1.165) is 12.8 Å². The van der Waals surface area contributed by atoms with E-state index >= 15 is 0 Å². The first-order valence-corrected chi connectivity index (χ1v) is 7.18. The Bertz CT molecular complexity index is 412. The zero-order valence-electron chi connectivity index (χ0n) is 11.3. The molecule has 0 radical (unpaired) electrons. The minimum Gasteiger partial charge on any atom is -0.349 e. The maximum atomic E-state index is 12.3. The van der Waals surface area contributed by atoms with E-state index in [2.05, 4.69) is 10.7 Å². The summed E-state index contributed by atoms with van der Waals surface area (Å²) < 4.78 is 0. The van der Waals surface area contributed by atoms with Gasteiger partial charge in [-0.05, 0) is 25.0 Å². The van der Waals surface area contributed by atoms with Gasteiger partial charge in [0.1, 0.15) is 0 Å². The molecule has 4 N–H and O–H groups in total. The van der Waals surface area contributed by atoms with Crippen molar-refractivity contribution < 1.29 is 4.79 Å². The van der Waals surface area contributed by atoms with Crippen molar-refractivity contribution in [2.45, 2.75) is 51.0 Å². The number of nitrogens with two attached hydrogens (primary N) is 1. The zero-order chi connectivity index (χ0) is 13.5. The SMILES string of the molecule is NNc1ccccc1C(=O)NC1CCCCCCC1. The van der Waals surface area contributed by atoms with E-state index in [4.69, 9.17) is 5.84 Å². The number of para-hydroxylation sites is 1. The molecule has 0 saturated heterocycles. The number of nitrogen functional groups attached to an aromatic ring is 1. The van der Waals surface area contributed by atoms with Crippen molar-refractivity contribution in [1.82, 2.24) is 5.32 Å². The Balaban J connectivity index is 1.99. The van der Waals surface area contributed by atoms with Crippen molar-refractivity contribution in [2.75, 3.05) is 5.43 Å². The first-order valence-electron chi connectivity index (χ1n) is 7.18. The molecule has 0 atom stereocenters. The van der Waals surface area contributed by atoms with E-state index in [9.17, 15) is 4.79 Å². The second-order valence-corrected chi connectivity index (χ2v) is 5.21. The summed E-state index contributed by atoms with van der Waals surface area (Å²) >= 11 is 0. The third kappa shape index (κ3) is 3.96. The minimum absolute atomic E-state index is 0.0286. The van der Waals surface area contributed by atoms with Gasteiger partial charge in [-0.15, -0.1) is 0 Å². The average Bonchev–Trinajstić information content (AvgIpc) is 2.41. The van der Waals surface area contributed by atoms with Crippen LogP contribution in [0.4, 0.5) is 5.69 Å². The van der Waals surface area contributed by atoms with Crippen LogP contribution in [-0.2, 0) is 0 Å². The Morgan fingerprint density at radius 3 is 2.37 bits per heavy atom. The summed E-state index contributed by atoms with van der Waals surface area (Å²) in [5, 5.41) is 3.14. The van der Waals surface area contributed by atoms with Gasteiger partial charge in [-0.2, -0.15) is 0 Å². The molecule has 1 fully saturated rings. The molecule has 2 rings (SSSR count). The highest BCUT2D eigenvalue weighted by atomic mass is 16.1. The maximum absolute atomic E-state index is 12.3. The van der Waals surface area contributed by atoms with Gasteiger partial charge in [-0.3, -0.25) is 10.6 Å². The van der Waals surface area contributed by atoms with Crippen LogP contribution in [0.2, 0.25) is 0 Å². The van der Waals surface area contributed by atoms with Crippen LogP contribution in [0.3, 0.4) is 0 Å². The fourth-order valence-electron chi connectivity index (χ4n) is 2.67. The van der Waals surface area contributed by atoms with E-state index in [0.29, 0.717) is 17.3 Å². The van der Waals surface area contributed by atoms with Crippen molar-refractivity contribution in [3.05, 3.63) is 29.8 Å². The summed E-state index contributed by atoms with van der Waals surface area (Å²) in [6.45, 7) is 0. The van der Waals surface area contributed by atoms with Crippen LogP contribution in [0, 0.1) is 0 Å². The number of amides is 1.